The molecule has 258 valence electrons. The Kier molecular flexibility index (Phi) is 14.2. The number of amides is 1. The smallest absolute Gasteiger partial charge is 0.236 e. The summed E-state index contributed by atoms with van der Waals surface area (Å²) in [6.45, 7) is 6.41. The van der Waals surface area contributed by atoms with Gasteiger partial charge in [0.15, 0.2) is 0 Å². The summed E-state index contributed by atoms with van der Waals surface area (Å²) in [5.74, 6) is 25.8. The van der Waals surface area contributed by atoms with Gasteiger partial charge in [0.05, 0.1) is 29.7 Å². The van der Waals surface area contributed by atoms with Gasteiger partial charge in [-0.2, -0.15) is 0 Å². The van der Waals surface area contributed by atoms with E-state index in [-0.39, 0.29) is 17.8 Å². The van der Waals surface area contributed by atoms with E-state index in [9.17, 15) is 9.18 Å². The summed E-state index contributed by atoms with van der Waals surface area (Å²) in [5, 5.41) is 3.39. The van der Waals surface area contributed by atoms with Crippen LogP contribution in [0.25, 0.3) is 28.3 Å². The van der Waals surface area contributed by atoms with Crippen molar-refractivity contribution in [2.75, 3.05) is 33.0 Å². The maximum Gasteiger partial charge on any atom is 0.236 e. The molecule has 3 heterocycles. The number of hydrogen-bond donors (Lipinski definition) is 1. The van der Waals surface area contributed by atoms with E-state index >= 15 is 0 Å². The Bertz CT molecular complexity index is 2280. The molecule has 5 rings (SSSR count). The SMILES string of the molecule is CC#CC#CC#CC#CC#CC.C[C@H](Nc1nccc(-c2c(-c3ccc(F)cc3)nc3cc(CN(C)CC(=O)N(C)C)ccn23)n1)c1ccccc1. The molecule has 9 heteroatoms. The molecule has 2 aromatic carbocycles. The van der Waals surface area contributed by atoms with E-state index in [1.54, 1.807) is 51.2 Å². The largest absolute Gasteiger partial charge is 0.348 e. The fourth-order valence-corrected chi connectivity index (χ4v) is 4.87. The monoisotopic (exact) mass is 687 g/mol. The zero-order valence-corrected chi connectivity index (χ0v) is 30.0. The highest BCUT2D eigenvalue weighted by atomic mass is 19.1. The van der Waals surface area contributed by atoms with Crippen LogP contribution in [0.15, 0.2) is 85.2 Å². The van der Waals surface area contributed by atoms with E-state index in [0.717, 1.165) is 28.0 Å². The number of carbonyl (C=O) groups is 1. The molecule has 5 aromatic rings. The lowest BCUT2D eigenvalue weighted by atomic mass is 10.1. The Morgan fingerprint density at radius 2 is 1.48 bits per heavy atom. The number of halogens is 1. The standard InChI is InChI=1S/C31H32FN7O.C12H6/c1-21(23-8-6-5-7-9-23)34-31-33-16-14-26(35-31)30-29(24-10-12-25(32)13-11-24)36-27-18-22(15-17-39(27)30)19-38(4)20-28(40)37(2)3;1-3-5-7-9-11-12-10-8-6-4-2/h5-18,21H,19-20H2,1-4H3,(H,33,34,35);1-2H3/t21-;/m0./s1. The van der Waals surface area contributed by atoms with E-state index in [0.29, 0.717) is 30.4 Å². The molecule has 0 aliphatic heterocycles. The summed E-state index contributed by atoms with van der Waals surface area (Å²) in [4.78, 5) is 29.9. The Labute approximate surface area is 305 Å². The number of hydrogen-bond acceptors (Lipinski definition) is 6. The van der Waals surface area contributed by atoms with Crippen LogP contribution in [0.3, 0.4) is 0 Å². The third-order valence-corrected chi connectivity index (χ3v) is 7.40. The molecule has 3 aromatic heterocycles. The van der Waals surface area contributed by atoms with Crippen molar-refractivity contribution < 1.29 is 9.18 Å². The highest BCUT2D eigenvalue weighted by Gasteiger charge is 2.19. The fourth-order valence-electron chi connectivity index (χ4n) is 4.87. The molecule has 0 saturated carbocycles. The van der Waals surface area contributed by atoms with Crippen molar-refractivity contribution in [1.82, 2.24) is 29.2 Å². The maximum atomic E-state index is 13.8. The van der Waals surface area contributed by atoms with Gasteiger partial charge in [-0.15, -0.1) is 0 Å². The van der Waals surface area contributed by atoms with Gasteiger partial charge in [-0.05, 0) is 129 Å². The van der Waals surface area contributed by atoms with Crippen LogP contribution < -0.4 is 5.32 Å². The van der Waals surface area contributed by atoms with Gasteiger partial charge in [-0.25, -0.2) is 19.3 Å². The molecular formula is C43H38FN7O. The lowest BCUT2D eigenvalue weighted by Gasteiger charge is -2.19. The molecular weight excluding hydrogens is 650 g/mol. The molecule has 0 unspecified atom stereocenters. The van der Waals surface area contributed by atoms with Crippen molar-refractivity contribution in [2.45, 2.75) is 33.4 Å². The number of anilines is 1. The second kappa shape index (κ2) is 19.4. The number of pyridine rings is 1. The molecule has 0 aliphatic rings. The van der Waals surface area contributed by atoms with Crippen molar-refractivity contribution in [3.05, 3.63) is 102 Å². The van der Waals surface area contributed by atoms with E-state index in [1.807, 2.05) is 58.9 Å². The number of nitrogens with one attached hydrogen (secondary N) is 1. The van der Waals surface area contributed by atoms with E-state index < -0.39 is 0 Å². The van der Waals surface area contributed by atoms with E-state index in [1.165, 1.54) is 12.1 Å². The fraction of sp³-hybridized carbons (Fsp3) is 0.209. The molecule has 0 spiro atoms. The molecule has 52 heavy (non-hydrogen) atoms. The Balaban J connectivity index is 0.000000434. The molecule has 1 atom stereocenters. The van der Waals surface area contributed by atoms with Crippen molar-refractivity contribution >= 4 is 17.5 Å². The Hall–Kier alpha value is -6.83. The number of rotatable bonds is 9. The number of benzene rings is 2. The number of nitrogens with zero attached hydrogens (tertiary/aromatic N) is 6. The van der Waals surface area contributed by atoms with Crippen LogP contribution in [0.1, 0.15) is 37.9 Å². The van der Waals surface area contributed by atoms with Gasteiger partial charge in [-0.1, -0.05) is 42.2 Å². The van der Waals surface area contributed by atoms with Crippen molar-refractivity contribution in [2.24, 2.45) is 0 Å². The van der Waals surface area contributed by atoms with E-state index in [4.69, 9.17) is 9.97 Å². The highest BCUT2D eigenvalue weighted by Crippen LogP contribution is 2.33. The number of likely N-dealkylation sites (N-methyl/N-ethyl adjacent to an activating group) is 2. The zero-order chi connectivity index (χ0) is 37.3. The van der Waals surface area contributed by atoms with Crippen LogP contribution in [-0.2, 0) is 11.3 Å². The molecule has 0 bridgehead atoms. The van der Waals surface area contributed by atoms with Gasteiger partial charge in [0.1, 0.15) is 11.5 Å². The summed E-state index contributed by atoms with van der Waals surface area (Å²) in [7, 11) is 5.42. The normalized spacial score (nSPS) is 10.2. The molecule has 0 fully saturated rings. The lowest BCUT2D eigenvalue weighted by Crippen LogP contribution is -2.34. The molecule has 0 saturated heterocycles. The first kappa shape index (κ1) is 38.0. The van der Waals surface area contributed by atoms with Gasteiger partial charge in [0.25, 0.3) is 0 Å². The first-order valence-electron chi connectivity index (χ1n) is 16.3. The molecule has 0 radical (unpaired) electrons. The van der Waals surface area contributed by atoms with Gasteiger partial charge in [-0.3, -0.25) is 14.1 Å². The van der Waals surface area contributed by atoms with Gasteiger partial charge in [0.2, 0.25) is 11.9 Å². The van der Waals surface area contributed by atoms with E-state index in [2.05, 4.69) is 88.6 Å². The van der Waals surface area contributed by atoms with Crippen LogP contribution in [0.5, 0.6) is 0 Å². The second-order valence-electron chi connectivity index (χ2n) is 11.6. The summed E-state index contributed by atoms with van der Waals surface area (Å²) in [6, 6.07) is 22.3. The topological polar surface area (TPSA) is 78.7 Å². The van der Waals surface area contributed by atoms with Gasteiger partial charge >= 0.3 is 0 Å². The first-order chi connectivity index (χ1) is 25.2. The van der Waals surface area contributed by atoms with Crippen LogP contribution in [0.4, 0.5) is 10.3 Å². The second-order valence-corrected chi connectivity index (χ2v) is 11.6. The summed E-state index contributed by atoms with van der Waals surface area (Å²) in [6.07, 6.45) is 3.69. The molecule has 1 N–H and O–H groups in total. The third-order valence-electron chi connectivity index (χ3n) is 7.40. The van der Waals surface area contributed by atoms with Crippen molar-refractivity contribution in [3.8, 4) is 81.8 Å². The number of aromatic nitrogens is 4. The predicted octanol–water partition coefficient (Wildman–Crippen LogP) is 6.33. The minimum Gasteiger partial charge on any atom is -0.348 e. The van der Waals surface area contributed by atoms with Crippen LogP contribution in [0, 0.1) is 65.0 Å². The van der Waals surface area contributed by atoms with Crippen LogP contribution in [0.2, 0.25) is 0 Å². The quantitative estimate of drug-likeness (QED) is 0.183. The van der Waals surface area contributed by atoms with Gasteiger partial charge < -0.3 is 10.2 Å². The van der Waals surface area contributed by atoms with Crippen LogP contribution in [-0.4, -0.2) is 62.7 Å². The number of carbonyl (C=O) groups excluding carboxylic acids is 1. The van der Waals surface area contributed by atoms with Crippen molar-refractivity contribution in [1.29, 1.82) is 0 Å². The summed E-state index contributed by atoms with van der Waals surface area (Å²) >= 11 is 0. The highest BCUT2D eigenvalue weighted by molar-refractivity contribution is 5.81. The molecule has 8 nitrogen and oxygen atoms in total. The lowest BCUT2D eigenvalue weighted by molar-refractivity contribution is -0.129. The first-order valence-corrected chi connectivity index (χ1v) is 16.3. The Morgan fingerprint density at radius 3 is 2.10 bits per heavy atom. The predicted molar refractivity (Wildman–Crippen MR) is 205 cm³/mol. The maximum absolute atomic E-state index is 13.8. The van der Waals surface area contributed by atoms with Crippen molar-refractivity contribution in [3.63, 3.8) is 0 Å². The minimum absolute atomic E-state index is 0.00845. The van der Waals surface area contributed by atoms with Crippen LogP contribution >= 0.6 is 0 Å². The average molecular weight is 688 g/mol. The summed E-state index contributed by atoms with van der Waals surface area (Å²) < 4.78 is 15.8. The minimum atomic E-state index is -0.310. The number of imidazole rings is 1. The molecule has 0 aliphatic carbocycles. The third kappa shape index (κ3) is 11.1. The average Bonchev–Trinajstić information content (AvgIpc) is 3.52. The van der Waals surface area contributed by atoms with Gasteiger partial charge in [0, 0.05) is 38.6 Å². The summed E-state index contributed by atoms with van der Waals surface area (Å²) in [5.41, 5.74) is 5.81. The Morgan fingerprint density at radius 1 is 0.846 bits per heavy atom. The number of fused-ring (bicyclic) bond motifs is 1. The molecule has 1 amide bonds. The zero-order valence-electron chi connectivity index (χ0n) is 30.0.